The number of rotatable bonds is 6. The third-order valence-corrected chi connectivity index (χ3v) is 5.26. The van der Waals surface area contributed by atoms with E-state index in [0.717, 1.165) is 37.6 Å². The van der Waals surface area contributed by atoms with Crippen LogP contribution in [0.25, 0.3) is 0 Å². The first-order valence-corrected chi connectivity index (χ1v) is 9.92. The minimum Gasteiger partial charge on any atom is -0.383 e. The van der Waals surface area contributed by atoms with Crippen LogP contribution in [0.2, 0.25) is 0 Å². The van der Waals surface area contributed by atoms with Crippen LogP contribution in [0.1, 0.15) is 25.0 Å². The van der Waals surface area contributed by atoms with Crippen molar-refractivity contribution in [3.8, 4) is 0 Å². The fraction of sp³-hybridized carbons (Fsp3) is 0.455. The van der Waals surface area contributed by atoms with Gasteiger partial charge in [-0.05, 0) is 30.5 Å². The van der Waals surface area contributed by atoms with Gasteiger partial charge >= 0.3 is 0 Å². The topological polar surface area (TPSA) is 68.7 Å². The smallest absolute Gasteiger partial charge is 0.249 e. The predicted molar refractivity (Wildman–Crippen MR) is 113 cm³/mol. The Hall–Kier alpha value is -2.60. The van der Waals surface area contributed by atoms with Gasteiger partial charge in [0.25, 0.3) is 0 Å². The Kier molecular flexibility index (Phi) is 6.52. The lowest BCUT2D eigenvalue weighted by Gasteiger charge is -2.38. The molecule has 0 spiro atoms. The van der Waals surface area contributed by atoms with Gasteiger partial charge in [-0.3, -0.25) is 4.79 Å². The number of amides is 1. The van der Waals surface area contributed by atoms with Crippen LogP contribution >= 0.6 is 0 Å². The lowest BCUT2D eigenvalue weighted by Crippen LogP contribution is -2.47. The third kappa shape index (κ3) is 4.62. The molecule has 0 bridgehead atoms. The molecule has 1 aromatic carbocycles. The molecule has 2 aromatic rings. The molecular formula is C22H30N4O2. The van der Waals surface area contributed by atoms with Gasteiger partial charge in [0.2, 0.25) is 5.91 Å². The molecule has 2 N–H and O–H groups in total. The number of carbonyl (C=O) groups excluding carboxylic acids is 1. The van der Waals surface area contributed by atoms with Crippen molar-refractivity contribution in [1.82, 2.24) is 10.3 Å². The van der Waals surface area contributed by atoms with Gasteiger partial charge in [0, 0.05) is 50.2 Å². The van der Waals surface area contributed by atoms with Crippen molar-refractivity contribution in [2.45, 2.75) is 33.4 Å². The molecule has 1 saturated heterocycles. The van der Waals surface area contributed by atoms with E-state index >= 15 is 0 Å². The third-order valence-electron chi connectivity index (χ3n) is 5.26. The molecule has 0 radical (unpaired) electrons. The van der Waals surface area contributed by atoms with Crippen molar-refractivity contribution in [3.63, 3.8) is 0 Å². The first-order chi connectivity index (χ1) is 13.5. The fourth-order valence-corrected chi connectivity index (χ4v) is 3.52. The molecule has 1 atom stereocenters. The molecule has 1 fully saturated rings. The summed E-state index contributed by atoms with van der Waals surface area (Å²) in [6.07, 6.45) is 0.801. The lowest BCUT2D eigenvalue weighted by atomic mass is 10.1. The summed E-state index contributed by atoms with van der Waals surface area (Å²) in [6, 6.07) is 12.3. The van der Waals surface area contributed by atoms with Crippen molar-refractivity contribution in [2.24, 2.45) is 5.92 Å². The van der Waals surface area contributed by atoms with E-state index in [4.69, 9.17) is 0 Å². The monoisotopic (exact) mass is 382 g/mol. The molecule has 1 amide bonds. The summed E-state index contributed by atoms with van der Waals surface area (Å²) in [7, 11) is 0. The van der Waals surface area contributed by atoms with Crippen LogP contribution in [0.4, 0.5) is 11.5 Å². The van der Waals surface area contributed by atoms with Gasteiger partial charge in [-0.2, -0.15) is 0 Å². The summed E-state index contributed by atoms with van der Waals surface area (Å²) < 4.78 is 0. The molecule has 0 unspecified atom stereocenters. The highest BCUT2D eigenvalue weighted by Gasteiger charge is 2.22. The predicted octanol–water partition coefficient (Wildman–Crippen LogP) is 2.35. The fourth-order valence-electron chi connectivity index (χ4n) is 3.52. The van der Waals surface area contributed by atoms with Crippen molar-refractivity contribution < 1.29 is 9.90 Å². The van der Waals surface area contributed by atoms with Gasteiger partial charge in [-0.1, -0.05) is 38.1 Å². The van der Waals surface area contributed by atoms with E-state index in [1.54, 1.807) is 6.20 Å². The number of piperazine rings is 1. The first-order valence-electron chi connectivity index (χ1n) is 9.92. The summed E-state index contributed by atoms with van der Waals surface area (Å²) in [6.45, 7) is 9.78. The van der Waals surface area contributed by atoms with Gasteiger partial charge in [0.05, 0.1) is 0 Å². The van der Waals surface area contributed by atoms with Crippen molar-refractivity contribution >= 4 is 17.4 Å². The molecule has 2 heterocycles. The van der Waals surface area contributed by atoms with Gasteiger partial charge in [0.1, 0.15) is 11.9 Å². The Bertz CT molecular complexity index is 801. The van der Waals surface area contributed by atoms with Crippen LogP contribution in [0.15, 0.2) is 42.6 Å². The second-order valence-corrected chi connectivity index (χ2v) is 7.65. The number of anilines is 2. The Labute approximate surface area is 167 Å². The van der Waals surface area contributed by atoms with E-state index in [1.165, 1.54) is 11.3 Å². The first kappa shape index (κ1) is 20.1. The zero-order valence-electron chi connectivity index (χ0n) is 16.9. The lowest BCUT2D eigenvalue weighted by molar-refractivity contribution is -0.131. The maximum absolute atomic E-state index is 12.1. The standard InChI is InChI=1S/C22H30N4O2/c1-16(2)20(27)22(28)24-15-18-8-6-10-23-21(18)26-13-11-25(12-14-26)19-9-5-4-7-17(19)3/h4-10,16,20,27H,11-15H2,1-3H3,(H,24,28)/t20-/m0/s1. The Morgan fingerprint density at radius 2 is 1.79 bits per heavy atom. The number of aryl methyl sites for hydroxylation is 1. The normalized spacial score (nSPS) is 15.6. The number of benzene rings is 1. The van der Waals surface area contributed by atoms with Gasteiger partial charge in [-0.25, -0.2) is 4.98 Å². The molecule has 0 saturated carbocycles. The highest BCUT2D eigenvalue weighted by Crippen LogP contribution is 2.24. The highest BCUT2D eigenvalue weighted by molar-refractivity contribution is 5.80. The number of para-hydroxylation sites is 1. The van der Waals surface area contributed by atoms with Crippen LogP contribution < -0.4 is 15.1 Å². The van der Waals surface area contributed by atoms with Gasteiger partial charge in [-0.15, -0.1) is 0 Å². The number of pyridine rings is 1. The van der Waals surface area contributed by atoms with Crippen LogP contribution in [0.3, 0.4) is 0 Å². The minimum absolute atomic E-state index is 0.108. The minimum atomic E-state index is -0.988. The number of aliphatic hydroxyl groups excluding tert-OH is 1. The number of aromatic nitrogens is 1. The van der Waals surface area contributed by atoms with E-state index in [-0.39, 0.29) is 11.8 Å². The molecule has 6 nitrogen and oxygen atoms in total. The maximum Gasteiger partial charge on any atom is 0.249 e. The number of aliphatic hydroxyl groups is 1. The second-order valence-electron chi connectivity index (χ2n) is 7.65. The Morgan fingerprint density at radius 1 is 1.11 bits per heavy atom. The van der Waals surface area contributed by atoms with Crippen LogP contribution in [-0.2, 0) is 11.3 Å². The van der Waals surface area contributed by atoms with E-state index in [2.05, 4.69) is 51.3 Å². The molecule has 28 heavy (non-hydrogen) atoms. The molecule has 1 aliphatic heterocycles. The molecule has 1 aromatic heterocycles. The molecular weight excluding hydrogens is 352 g/mol. The zero-order chi connectivity index (χ0) is 20.1. The zero-order valence-corrected chi connectivity index (χ0v) is 16.9. The molecule has 6 heteroatoms. The SMILES string of the molecule is Cc1ccccc1N1CCN(c2ncccc2CNC(=O)[C@@H](O)C(C)C)CC1. The largest absolute Gasteiger partial charge is 0.383 e. The van der Waals surface area contributed by atoms with Crippen molar-refractivity contribution in [2.75, 3.05) is 36.0 Å². The molecule has 150 valence electrons. The number of nitrogens with zero attached hydrogens (tertiary/aromatic N) is 3. The average Bonchev–Trinajstić information content (AvgIpc) is 2.72. The summed E-state index contributed by atoms with van der Waals surface area (Å²) in [4.78, 5) is 21.3. The average molecular weight is 383 g/mol. The Balaban J connectivity index is 1.64. The summed E-state index contributed by atoms with van der Waals surface area (Å²) >= 11 is 0. The van der Waals surface area contributed by atoms with Crippen LogP contribution in [0, 0.1) is 12.8 Å². The highest BCUT2D eigenvalue weighted by atomic mass is 16.3. The van der Waals surface area contributed by atoms with Crippen LogP contribution in [0.5, 0.6) is 0 Å². The summed E-state index contributed by atoms with van der Waals surface area (Å²) in [5.74, 6) is 0.461. The van der Waals surface area contributed by atoms with E-state index in [1.807, 2.05) is 26.0 Å². The number of hydrogen-bond donors (Lipinski definition) is 2. The number of carbonyl (C=O) groups is 1. The molecule has 0 aliphatic carbocycles. The Morgan fingerprint density at radius 3 is 2.46 bits per heavy atom. The maximum atomic E-state index is 12.1. The van der Waals surface area contributed by atoms with Crippen molar-refractivity contribution in [1.29, 1.82) is 0 Å². The van der Waals surface area contributed by atoms with Gasteiger partial charge < -0.3 is 20.2 Å². The quantitative estimate of drug-likeness (QED) is 0.803. The second kappa shape index (κ2) is 9.06. The van der Waals surface area contributed by atoms with Crippen molar-refractivity contribution in [3.05, 3.63) is 53.7 Å². The van der Waals surface area contributed by atoms with Crippen LogP contribution in [-0.4, -0.2) is 48.3 Å². The number of hydrogen-bond acceptors (Lipinski definition) is 5. The summed E-state index contributed by atoms with van der Waals surface area (Å²) in [5.41, 5.74) is 3.55. The molecule has 1 aliphatic rings. The van der Waals surface area contributed by atoms with Gasteiger partial charge in [0.15, 0.2) is 0 Å². The van der Waals surface area contributed by atoms with E-state index in [9.17, 15) is 9.90 Å². The molecule has 3 rings (SSSR count). The number of nitrogens with one attached hydrogen (secondary N) is 1. The summed E-state index contributed by atoms with van der Waals surface area (Å²) in [5, 5.41) is 12.7. The van der Waals surface area contributed by atoms with E-state index in [0.29, 0.717) is 6.54 Å². The van der Waals surface area contributed by atoms with E-state index < -0.39 is 6.10 Å².